The molecule has 0 spiro atoms. The quantitative estimate of drug-likeness (QED) is 0.811. The molecular formula is C8H8F3N3O. The largest absolute Gasteiger partial charge is 0.332 e. The van der Waals surface area contributed by atoms with Crippen molar-refractivity contribution in [1.29, 1.82) is 0 Å². The number of nitrogens with one attached hydrogen (secondary N) is 2. The summed E-state index contributed by atoms with van der Waals surface area (Å²) < 4.78 is 35.7. The second-order valence-corrected chi connectivity index (χ2v) is 2.59. The monoisotopic (exact) mass is 219 g/mol. The van der Waals surface area contributed by atoms with Crippen LogP contribution in [0, 0.1) is 5.82 Å². The predicted octanol–water partition coefficient (Wildman–Crippen LogP) is 1.61. The predicted molar refractivity (Wildman–Crippen MR) is 47.2 cm³/mol. The van der Waals surface area contributed by atoms with Gasteiger partial charge in [0.1, 0.15) is 11.6 Å². The van der Waals surface area contributed by atoms with E-state index in [1.807, 2.05) is 5.32 Å². The SMILES string of the molecule is O=C(NCC(F)F)Nc1ccc(F)cn1. The van der Waals surface area contributed by atoms with Crippen molar-refractivity contribution in [2.75, 3.05) is 11.9 Å². The molecule has 1 aromatic rings. The fourth-order valence-electron chi connectivity index (χ4n) is 0.780. The number of carbonyl (C=O) groups excluding carboxylic acids is 1. The highest BCUT2D eigenvalue weighted by molar-refractivity contribution is 5.88. The maximum Gasteiger partial charge on any atom is 0.320 e. The molecule has 0 aliphatic rings. The lowest BCUT2D eigenvalue weighted by molar-refractivity contribution is 0.148. The maximum absolute atomic E-state index is 12.4. The summed E-state index contributed by atoms with van der Waals surface area (Å²) in [5.41, 5.74) is 0. The van der Waals surface area contributed by atoms with Gasteiger partial charge in [0.25, 0.3) is 6.43 Å². The second kappa shape index (κ2) is 5.18. The van der Waals surface area contributed by atoms with Gasteiger partial charge < -0.3 is 5.32 Å². The Morgan fingerprint density at radius 1 is 1.47 bits per heavy atom. The second-order valence-electron chi connectivity index (χ2n) is 2.59. The number of alkyl halides is 2. The summed E-state index contributed by atoms with van der Waals surface area (Å²) in [6.45, 7) is -0.743. The van der Waals surface area contributed by atoms with Gasteiger partial charge in [0, 0.05) is 0 Å². The first-order chi connectivity index (χ1) is 7.08. The van der Waals surface area contributed by atoms with E-state index in [9.17, 15) is 18.0 Å². The van der Waals surface area contributed by atoms with Crippen molar-refractivity contribution in [1.82, 2.24) is 10.3 Å². The van der Waals surface area contributed by atoms with Crippen molar-refractivity contribution in [2.24, 2.45) is 0 Å². The Labute approximate surface area is 83.5 Å². The molecule has 0 saturated heterocycles. The van der Waals surface area contributed by atoms with Crippen LogP contribution in [-0.2, 0) is 0 Å². The lowest BCUT2D eigenvalue weighted by atomic mass is 10.4. The number of anilines is 1. The fourth-order valence-corrected chi connectivity index (χ4v) is 0.780. The molecule has 0 aliphatic heterocycles. The molecule has 1 rings (SSSR count). The summed E-state index contributed by atoms with van der Waals surface area (Å²) in [5.74, 6) is -0.461. The van der Waals surface area contributed by atoms with Gasteiger partial charge in [-0.15, -0.1) is 0 Å². The van der Waals surface area contributed by atoms with Gasteiger partial charge in [0.2, 0.25) is 0 Å². The molecule has 0 atom stereocenters. The number of pyridine rings is 1. The zero-order valence-electron chi connectivity index (χ0n) is 7.51. The summed E-state index contributed by atoms with van der Waals surface area (Å²) in [7, 11) is 0. The summed E-state index contributed by atoms with van der Waals surface area (Å²) >= 11 is 0. The highest BCUT2D eigenvalue weighted by Gasteiger charge is 2.06. The van der Waals surface area contributed by atoms with Gasteiger partial charge in [-0.3, -0.25) is 5.32 Å². The molecule has 0 unspecified atom stereocenters. The van der Waals surface area contributed by atoms with Crippen molar-refractivity contribution in [3.8, 4) is 0 Å². The molecule has 2 N–H and O–H groups in total. The first kappa shape index (κ1) is 11.3. The van der Waals surface area contributed by atoms with E-state index in [0.29, 0.717) is 0 Å². The topological polar surface area (TPSA) is 54.0 Å². The summed E-state index contributed by atoms with van der Waals surface area (Å²) in [5, 5.41) is 4.07. The third kappa shape index (κ3) is 4.30. The Kier molecular flexibility index (Phi) is 3.90. The number of halogens is 3. The first-order valence-electron chi connectivity index (χ1n) is 4.02. The van der Waals surface area contributed by atoms with E-state index < -0.39 is 24.8 Å². The van der Waals surface area contributed by atoms with Crippen LogP contribution in [0.1, 0.15) is 0 Å². The number of hydrogen-bond acceptors (Lipinski definition) is 2. The van der Waals surface area contributed by atoms with Gasteiger partial charge in [-0.2, -0.15) is 0 Å². The van der Waals surface area contributed by atoms with Crippen molar-refractivity contribution >= 4 is 11.8 Å². The van der Waals surface area contributed by atoms with Gasteiger partial charge in [0.15, 0.2) is 0 Å². The minimum absolute atomic E-state index is 0.0863. The highest BCUT2D eigenvalue weighted by Crippen LogP contribution is 2.02. The molecule has 2 amide bonds. The summed E-state index contributed by atoms with van der Waals surface area (Å²) in [4.78, 5) is 14.4. The van der Waals surface area contributed by atoms with Crippen LogP contribution in [0.4, 0.5) is 23.8 Å². The zero-order chi connectivity index (χ0) is 11.3. The summed E-state index contributed by atoms with van der Waals surface area (Å²) in [6.07, 6.45) is -1.71. The Bertz CT molecular complexity index is 328. The van der Waals surface area contributed by atoms with E-state index in [0.717, 1.165) is 12.3 Å². The minimum Gasteiger partial charge on any atom is -0.332 e. The molecule has 0 bridgehead atoms. The Morgan fingerprint density at radius 2 is 2.20 bits per heavy atom. The molecule has 7 heteroatoms. The van der Waals surface area contributed by atoms with Gasteiger partial charge >= 0.3 is 6.03 Å². The van der Waals surface area contributed by atoms with Crippen LogP contribution >= 0.6 is 0 Å². The van der Waals surface area contributed by atoms with Crippen LogP contribution in [0.5, 0.6) is 0 Å². The number of urea groups is 1. The van der Waals surface area contributed by atoms with E-state index in [1.165, 1.54) is 6.07 Å². The molecule has 4 nitrogen and oxygen atoms in total. The van der Waals surface area contributed by atoms with Crippen molar-refractivity contribution in [3.63, 3.8) is 0 Å². The Balaban J connectivity index is 2.41. The molecule has 1 aromatic heterocycles. The minimum atomic E-state index is -2.61. The number of rotatable bonds is 3. The zero-order valence-corrected chi connectivity index (χ0v) is 7.51. The number of amides is 2. The Hall–Kier alpha value is -1.79. The number of hydrogen-bond donors (Lipinski definition) is 2. The standard InChI is InChI=1S/C8H8F3N3O/c9-5-1-2-7(12-3-5)14-8(15)13-4-6(10)11/h1-3,6H,4H2,(H2,12,13,14,15). The molecule has 0 fully saturated rings. The van der Waals surface area contributed by atoms with Gasteiger partial charge in [-0.1, -0.05) is 0 Å². The van der Waals surface area contributed by atoms with E-state index in [1.54, 1.807) is 0 Å². The average Bonchev–Trinajstić information content (AvgIpc) is 2.19. The molecule has 0 radical (unpaired) electrons. The first-order valence-corrected chi connectivity index (χ1v) is 4.02. The summed E-state index contributed by atoms with van der Waals surface area (Å²) in [6, 6.07) is 1.50. The van der Waals surface area contributed by atoms with Gasteiger partial charge in [-0.05, 0) is 12.1 Å². The van der Waals surface area contributed by atoms with Crippen molar-refractivity contribution in [3.05, 3.63) is 24.1 Å². The van der Waals surface area contributed by atoms with Gasteiger partial charge in [0.05, 0.1) is 12.7 Å². The molecule has 0 aromatic carbocycles. The van der Waals surface area contributed by atoms with Crippen LogP contribution in [0.25, 0.3) is 0 Å². The number of aromatic nitrogens is 1. The van der Waals surface area contributed by atoms with E-state index >= 15 is 0 Å². The van der Waals surface area contributed by atoms with Crippen LogP contribution in [-0.4, -0.2) is 24.0 Å². The van der Waals surface area contributed by atoms with Crippen LogP contribution in [0.3, 0.4) is 0 Å². The molecule has 1 heterocycles. The normalized spacial score (nSPS) is 10.1. The lowest BCUT2D eigenvalue weighted by Gasteiger charge is -2.05. The van der Waals surface area contributed by atoms with Crippen LogP contribution in [0.2, 0.25) is 0 Å². The third-order valence-corrected chi connectivity index (χ3v) is 1.39. The third-order valence-electron chi connectivity index (χ3n) is 1.39. The van der Waals surface area contributed by atoms with E-state index in [-0.39, 0.29) is 5.82 Å². The molecule has 0 aliphatic carbocycles. The van der Waals surface area contributed by atoms with Gasteiger partial charge in [-0.25, -0.2) is 22.9 Å². The molecule has 0 saturated carbocycles. The van der Waals surface area contributed by atoms with E-state index in [2.05, 4.69) is 10.3 Å². The van der Waals surface area contributed by atoms with Crippen LogP contribution < -0.4 is 10.6 Å². The lowest BCUT2D eigenvalue weighted by Crippen LogP contribution is -2.32. The molecule has 15 heavy (non-hydrogen) atoms. The number of carbonyl (C=O) groups is 1. The molecular weight excluding hydrogens is 211 g/mol. The number of nitrogens with zero attached hydrogens (tertiary/aromatic N) is 1. The maximum atomic E-state index is 12.4. The van der Waals surface area contributed by atoms with E-state index in [4.69, 9.17) is 0 Å². The van der Waals surface area contributed by atoms with Crippen molar-refractivity contribution in [2.45, 2.75) is 6.43 Å². The van der Waals surface area contributed by atoms with Crippen LogP contribution in [0.15, 0.2) is 18.3 Å². The smallest absolute Gasteiger partial charge is 0.320 e. The average molecular weight is 219 g/mol. The highest BCUT2D eigenvalue weighted by atomic mass is 19.3. The van der Waals surface area contributed by atoms with Crippen molar-refractivity contribution < 1.29 is 18.0 Å². The molecule has 82 valence electrons. The Morgan fingerprint density at radius 3 is 2.73 bits per heavy atom. The fraction of sp³-hybridized carbons (Fsp3) is 0.250.